The Labute approximate surface area is 252 Å². The van der Waals surface area contributed by atoms with E-state index in [1.165, 1.54) is 25.5 Å². The molecule has 3 aliphatic carbocycles. The lowest BCUT2D eigenvalue weighted by Gasteiger charge is -2.41. The van der Waals surface area contributed by atoms with Crippen molar-refractivity contribution in [2.45, 2.75) is 58.3 Å². The smallest absolute Gasteiger partial charge is 0.315 e. The third-order valence-corrected chi connectivity index (χ3v) is 11.8. The van der Waals surface area contributed by atoms with Gasteiger partial charge < -0.3 is 19.5 Å². The quantitative estimate of drug-likeness (QED) is 0.255. The number of methoxy groups -OCH3 is 1. The van der Waals surface area contributed by atoms with Gasteiger partial charge in [0.05, 0.1) is 7.11 Å². The van der Waals surface area contributed by atoms with Crippen LogP contribution in [0.3, 0.4) is 0 Å². The van der Waals surface area contributed by atoms with Crippen LogP contribution in [0.2, 0.25) is 0 Å². The Hall–Kier alpha value is -4.06. The molecule has 6 heteroatoms. The Morgan fingerprint density at radius 2 is 1.84 bits per heavy atom. The molecule has 2 heterocycles. The van der Waals surface area contributed by atoms with Gasteiger partial charge in [0.15, 0.2) is 17.3 Å². The Bertz CT molecular complexity index is 1780. The number of nitrogens with one attached hydrogen (secondary N) is 1. The SMILES string of the molecule is COC(=O)[C@@H]1C2=C(C(=O)C[C@H]1c1ccc3c(c1)OCO3)[C@@H](C=C1CC3CCC1(C)C3(C)C)c1c(ccc3ccccc13)N2. The number of hydrogen-bond donors (Lipinski definition) is 1. The van der Waals surface area contributed by atoms with E-state index in [1.54, 1.807) is 0 Å². The van der Waals surface area contributed by atoms with E-state index < -0.39 is 11.8 Å². The first-order valence-corrected chi connectivity index (χ1v) is 15.5. The Morgan fingerprint density at radius 3 is 2.60 bits per heavy atom. The summed E-state index contributed by atoms with van der Waals surface area (Å²) in [5.74, 6) is 0.364. The number of benzene rings is 3. The zero-order chi connectivity index (χ0) is 29.7. The van der Waals surface area contributed by atoms with E-state index in [1.807, 2.05) is 18.2 Å². The standard InChI is InChI=1S/C37H37NO5/c1-36(2)22-13-14-37(36,3)23(16-22)17-26-31-24-8-6-5-7-20(24)9-11-27(31)38-34-32(26)28(39)18-25(33(34)35(40)41-4)21-10-12-29-30(15-21)43-19-42-29/h5-12,15,17,22,25-26,33,38H,13-14,16,18-19H2,1-4H3/t22?,25-,26-,33-,37?/m0/s1. The average molecular weight is 576 g/mol. The number of ether oxygens (including phenoxy) is 3. The maximum Gasteiger partial charge on any atom is 0.315 e. The van der Waals surface area contributed by atoms with Gasteiger partial charge in [0.2, 0.25) is 6.79 Å². The molecule has 2 fully saturated rings. The fourth-order valence-electron chi connectivity index (χ4n) is 8.96. The fourth-order valence-corrected chi connectivity index (χ4v) is 8.96. The highest BCUT2D eigenvalue weighted by Crippen LogP contribution is 2.68. The maximum atomic E-state index is 14.5. The van der Waals surface area contributed by atoms with Gasteiger partial charge in [0.1, 0.15) is 5.92 Å². The number of ketones is 1. The van der Waals surface area contributed by atoms with Crippen LogP contribution in [-0.4, -0.2) is 25.7 Å². The Morgan fingerprint density at radius 1 is 1.02 bits per heavy atom. The summed E-state index contributed by atoms with van der Waals surface area (Å²) < 4.78 is 16.6. The number of carbonyl (C=O) groups is 2. The van der Waals surface area contributed by atoms with Crippen LogP contribution >= 0.6 is 0 Å². The molecule has 3 aromatic rings. The second-order valence-corrected chi connectivity index (χ2v) is 13.7. The first kappa shape index (κ1) is 26.6. The zero-order valence-corrected chi connectivity index (χ0v) is 25.2. The summed E-state index contributed by atoms with van der Waals surface area (Å²) in [5.41, 5.74) is 6.04. The van der Waals surface area contributed by atoms with Crippen LogP contribution in [0, 0.1) is 22.7 Å². The molecule has 8 rings (SSSR count). The summed E-state index contributed by atoms with van der Waals surface area (Å²) in [6, 6.07) is 18.3. The van der Waals surface area contributed by atoms with E-state index in [0.29, 0.717) is 28.7 Å². The van der Waals surface area contributed by atoms with Gasteiger partial charge in [-0.25, -0.2) is 0 Å². The molecule has 220 valence electrons. The molecule has 1 N–H and O–H groups in total. The van der Waals surface area contributed by atoms with Gasteiger partial charge in [-0.1, -0.05) is 68.8 Å². The molecule has 0 spiro atoms. The molecule has 0 saturated heterocycles. The molecule has 0 radical (unpaired) electrons. The predicted molar refractivity (Wildman–Crippen MR) is 165 cm³/mol. The lowest BCUT2D eigenvalue weighted by atomic mass is 9.65. The molecular formula is C37H37NO5. The fraction of sp³-hybridized carbons (Fsp3) is 0.405. The molecule has 43 heavy (non-hydrogen) atoms. The van der Waals surface area contributed by atoms with Crippen molar-refractivity contribution < 1.29 is 23.8 Å². The highest BCUT2D eigenvalue weighted by molar-refractivity contribution is 6.06. The van der Waals surface area contributed by atoms with Crippen LogP contribution in [0.1, 0.15) is 69.4 Å². The Kier molecular flexibility index (Phi) is 5.69. The molecule has 5 atom stereocenters. The van der Waals surface area contributed by atoms with Gasteiger partial charge in [-0.05, 0) is 76.1 Å². The minimum atomic E-state index is -0.661. The minimum Gasteiger partial charge on any atom is -0.468 e. The first-order valence-electron chi connectivity index (χ1n) is 15.5. The first-order chi connectivity index (χ1) is 20.7. The molecule has 2 bridgehead atoms. The molecule has 5 aliphatic rings. The lowest BCUT2D eigenvalue weighted by molar-refractivity contribution is -0.145. The zero-order valence-electron chi connectivity index (χ0n) is 25.2. The van der Waals surface area contributed by atoms with E-state index >= 15 is 0 Å². The molecule has 0 amide bonds. The monoisotopic (exact) mass is 575 g/mol. The molecular weight excluding hydrogens is 538 g/mol. The largest absolute Gasteiger partial charge is 0.468 e. The summed E-state index contributed by atoms with van der Waals surface area (Å²) >= 11 is 0. The van der Waals surface area contributed by atoms with E-state index in [0.717, 1.165) is 34.0 Å². The van der Waals surface area contributed by atoms with Gasteiger partial charge in [-0.2, -0.15) is 0 Å². The highest BCUT2D eigenvalue weighted by atomic mass is 16.7. The van der Waals surface area contributed by atoms with Crippen molar-refractivity contribution in [1.82, 2.24) is 0 Å². The lowest BCUT2D eigenvalue weighted by Crippen LogP contribution is -2.39. The summed E-state index contributed by atoms with van der Waals surface area (Å²) in [4.78, 5) is 28.1. The Balaban J connectivity index is 1.34. The van der Waals surface area contributed by atoms with Crippen LogP contribution in [0.15, 0.2) is 77.5 Å². The predicted octanol–water partition coefficient (Wildman–Crippen LogP) is 7.65. The summed E-state index contributed by atoms with van der Waals surface area (Å²) in [6.07, 6.45) is 6.10. The third kappa shape index (κ3) is 3.65. The van der Waals surface area contributed by atoms with Crippen molar-refractivity contribution >= 4 is 28.2 Å². The van der Waals surface area contributed by atoms with Crippen LogP contribution in [0.4, 0.5) is 5.69 Å². The number of fused-ring (bicyclic) bond motifs is 6. The van der Waals surface area contributed by atoms with Crippen molar-refractivity contribution in [2.75, 3.05) is 19.2 Å². The average Bonchev–Trinajstić information content (AvgIpc) is 3.62. The normalized spacial score (nSPS) is 30.8. The van der Waals surface area contributed by atoms with Gasteiger partial charge in [0.25, 0.3) is 0 Å². The number of carbonyl (C=O) groups excluding carboxylic acids is 2. The summed E-state index contributed by atoms with van der Waals surface area (Å²) in [6.45, 7) is 7.41. The number of allylic oxidation sites excluding steroid dienone is 3. The molecule has 6 nitrogen and oxygen atoms in total. The minimum absolute atomic E-state index is 0.0679. The van der Waals surface area contributed by atoms with Crippen LogP contribution in [0.5, 0.6) is 11.5 Å². The molecule has 3 aromatic carbocycles. The molecule has 2 saturated carbocycles. The van der Waals surface area contributed by atoms with Gasteiger partial charge in [-0.15, -0.1) is 0 Å². The van der Waals surface area contributed by atoms with Gasteiger partial charge in [-0.3, -0.25) is 9.59 Å². The number of hydrogen-bond acceptors (Lipinski definition) is 6. The number of Topliss-reactive ketones (excluding diaryl/α,β-unsaturated/α-hetero) is 1. The van der Waals surface area contributed by atoms with Crippen molar-refractivity contribution in [3.63, 3.8) is 0 Å². The van der Waals surface area contributed by atoms with Crippen molar-refractivity contribution in [3.05, 3.63) is 88.6 Å². The number of rotatable bonds is 3. The van der Waals surface area contributed by atoms with Crippen molar-refractivity contribution in [3.8, 4) is 11.5 Å². The van der Waals surface area contributed by atoms with Crippen LogP contribution in [0.25, 0.3) is 10.8 Å². The van der Waals surface area contributed by atoms with E-state index in [9.17, 15) is 9.59 Å². The van der Waals surface area contributed by atoms with Gasteiger partial charge >= 0.3 is 5.97 Å². The number of anilines is 1. The van der Waals surface area contributed by atoms with E-state index in [2.05, 4.69) is 68.6 Å². The second kappa shape index (κ2) is 9.22. The highest BCUT2D eigenvalue weighted by Gasteiger charge is 2.59. The topological polar surface area (TPSA) is 73.9 Å². The maximum absolute atomic E-state index is 14.5. The molecule has 0 aromatic heterocycles. The third-order valence-electron chi connectivity index (χ3n) is 11.8. The summed E-state index contributed by atoms with van der Waals surface area (Å²) in [7, 11) is 1.43. The second-order valence-electron chi connectivity index (χ2n) is 13.7. The van der Waals surface area contributed by atoms with Crippen molar-refractivity contribution in [1.29, 1.82) is 0 Å². The number of esters is 1. The van der Waals surface area contributed by atoms with Crippen LogP contribution in [-0.2, 0) is 14.3 Å². The molecule has 2 aliphatic heterocycles. The molecule has 2 unspecified atom stereocenters. The van der Waals surface area contributed by atoms with E-state index in [-0.39, 0.29) is 41.7 Å². The van der Waals surface area contributed by atoms with Crippen LogP contribution < -0.4 is 14.8 Å². The van der Waals surface area contributed by atoms with Gasteiger partial charge in [0, 0.05) is 35.2 Å². The van der Waals surface area contributed by atoms with E-state index in [4.69, 9.17) is 14.2 Å². The van der Waals surface area contributed by atoms with Crippen molar-refractivity contribution in [2.24, 2.45) is 22.7 Å². The summed E-state index contributed by atoms with van der Waals surface area (Å²) in [5, 5.41) is 5.90.